The van der Waals surface area contributed by atoms with Gasteiger partial charge in [-0.05, 0) is 13.8 Å². The fourth-order valence-electron chi connectivity index (χ4n) is 1.42. The molecule has 102 valence electrons. The van der Waals surface area contributed by atoms with Crippen LogP contribution in [0.25, 0.3) is 0 Å². The Morgan fingerprint density at radius 2 is 2.21 bits per heavy atom. The smallest absolute Gasteiger partial charge is 0.273 e. The van der Waals surface area contributed by atoms with Gasteiger partial charge in [-0.3, -0.25) is 9.78 Å². The lowest BCUT2D eigenvalue weighted by Gasteiger charge is -2.04. The van der Waals surface area contributed by atoms with E-state index >= 15 is 0 Å². The number of aromatic amines is 2. The fraction of sp³-hybridized carbons (Fsp3) is 0.455. The van der Waals surface area contributed by atoms with E-state index in [1.807, 2.05) is 6.92 Å². The van der Waals surface area contributed by atoms with Crippen LogP contribution in [0.3, 0.4) is 0 Å². The van der Waals surface area contributed by atoms with E-state index in [0.29, 0.717) is 18.2 Å². The normalized spacial score (nSPS) is 10.6. The van der Waals surface area contributed by atoms with Crippen molar-refractivity contribution in [1.29, 1.82) is 0 Å². The second-order valence-electron chi connectivity index (χ2n) is 4.04. The summed E-state index contributed by atoms with van der Waals surface area (Å²) in [5, 5.41) is 10.6. The number of H-pyrrole nitrogens is 2. The number of aromatic nitrogens is 5. The van der Waals surface area contributed by atoms with Crippen LogP contribution >= 0.6 is 11.8 Å². The van der Waals surface area contributed by atoms with Crippen molar-refractivity contribution >= 4 is 17.7 Å². The molecule has 0 radical (unpaired) electrons. The number of anilines is 1. The molecule has 2 aromatic rings. The predicted molar refractivity (Wildman–Crippen MR) is 75.4 cm³/mol. The molecule has 0 aromatic carbocycles. The minimum atomic E-state index is -0.211. The molecule has 19 heavy (non-hydrogen) atoms. The van der Waals surface area contributed by atoms with Gasteiger partial charge in [0, 0.05) is 23.7 Å². The summed E-state index contributed by atoms with van der Waals surface area (Å²) >= 11 is 1.77. The maximum absolute atomic E-state index is 11.3. The molecule has 0 bridgehead atoms. The maximum Gasteiger partial charge on any atom is 0.273 e. The van der Waals surface area contributed by atoms with Gasteiger partial charge in [-0.2, -0.15) is 11.8 Å². The summed E-state index contributed by atoms with van der Waals surface area (Å²) in [6.45, 7) is 4.34. The number of hydrogen-bond acceptors (Lipinski definition) is 6. The zero-order valence-electron chi connectivity index (χ0n) is 10.9. The van der Waals surface area contributed by atoms with Crippen LogP contribution in [0, 0.1) is 13.8 Å². The van der Waals surface area contributed by atoms with Crippen LogP contribution in [0.4, 0.5) is 5.95 Å². The molecule has 0 aliphatic carbocycles. The third-order valence-corrected chi connectivity index (χ3v) is 3.54. The first-order valence-electron chi connectivity index (χ1n) is 5.91. The molecule has 8 heteroatoms. The average molecular weight is 280 g/mol. The Bertz CT molecular complexity index is 593. The number of nitrogens with one attached hydrogen (secondary N) is 3. The minimum absolute atomic E-state index is 0.211. The molecule has 0 aliphatic rings. The molecule has 2 heterocycles. The molecule has 0 unspecified atom stereocenters. The molecule has 0 spiro atoms. The first-order valence-corrected chi connectivity index (χ1v) is 7.06. The van der Waals surface area contributed by atoms with Crippen molar-refractivity contribution in [2.75, 3.05) is 17.6 Å². The topological polar surface area (TPSA) is 99.3 Å². The lowest BCUT2D eigenvalue weighted by atomic mass is 10.4. The van der Waals surface area contributed by atoms with Crippen molar-refractivity contribution in [1.82, 2.24) is 25.1 Å². The summed E-state index contributed by atoms with van der Waals surface area (Å²) < 4.78 is 0. The fourth-order valence-corrected chi connectivity index (χ4v) is 2.29. The molecule has 0 aliphatic heterocycles. The Balaban J connectivity index is 1.71. The monoisotopic (exact) mass is 280 g/mol. The van der Waals surface area contributed by atoms with Gasteiger partial charge in [0.05, 0.1) is 12.0 Å². The second kappa shape index (κ2) is 6.37. The molecule has 0 saturated heterocycles. The van der Waals surface area contributed by atoms with E-state index in [0.717, 1.165) is 22.9 Å². The van der Waals surface area contributed by atoms with E-state index < -0.39 is 0 Å². The summed E-state index contributed by atoms with van der Waals surface area (Å²) in [4.78, 5) is 21.2. The standard InChI is InChI=1S/C11H16N6OS/c1-7-9(14-6-13-7)5-19-4-3-12-11-15-10(18)8(2)16-17-11/h6H,3-5H2,1-2H3,(H,13,14)(H2,12,15,17,18). The van der Waals surface area contributed by atoms with Crippen LogP contribution in [-0.2, 0) is 5.75 Å². The number of nitrogens with zero attached hydrogens (tertiary/aromatic N) is 3. The highest BCUT2D eigenvalue weighted by molar-refractivity contribution is 7.98. The van der Waals surface area contributed by atoms with Gasteiger partial charge in [0.1, 0.15) is 5.69 Å². The molecule has 0 atom stereocenters. The van der Waals surface area contributed by atoms with Crippen LogP contribution in [0.5, 0.6) is 0 Å². The summed E-state index contributed by atoms with van der Waals surface area (Å²) in [7, 11) is 0. The van der Waals surface area contributed by atoms with Gasteiger partial charge in [-0.25, -0.2) is 4.98 Å². The molecular formula is C11H16N6OS. The average Bonchev–Trinajstić information content (AvgIpc) is 2.79. The van der Waals surface area contributed by atoms with Crippen molar-refractivity contribution in [2.24, 2.45) is 0 Å². The molecule has 2 rings (SSSR count). The van der Waals surface area contributed by atoms with E-state index in [-0.39, 0.29) is 5.56 Å². The lowest BCUT2D eigenvalue weighted by Crippen LogP contribution is -2.18. The largest absolute Gasteiger partial charge is 0.354 e. The Labute approximate surface area is 114 Å². The van der Waals surface area contributed by atoms with Crippen LogP contribution in [0.15, 0.2) is 11.1 Å². The first kappa shape index (κ1) is 13.6. The van der Waals surface area contributed by atoms with E-state index in [9.17, 15) is 4.79 Å². The number of aryl methyl sites for hydroxylation is 2. The third kappa shape index (κ3) is 3.82. The number of rotatable bonds is 6. The highest BCUT2D eigenvalue weighted by Crippen LogP contribution is 2.11. The van der Waals surface area contributed by atoms with Gasteiger partial charge < -0.3 is 10.3 Å². The van der Waals surface area contributed by atoms with Crippen LogP contribution in [0.2, 0.25) is 0 Å². The van der Waals surface area contributed by atoms with E-state index in [2.05, 4.69) is 30.5 Å². The first-order chi connectivity index (χ1) is 9.16. The van der Waals surface area contributed by atoms with Gasteiger partial charge >= 0.3 is 0 Å². The number of imidazole rings is 1. The van der Waals surface area contributed by atoms with Crippen molar-refractivity contribution < 1.29 is 0 Å². The van der Waals surface area contributed by atoms with E-state index in [1.165, 1.54) is 0 Å². The molecule has 0 amide bonds. The summed E-state index contributed by atoms with van der Waals surface area (Å²) in [5.74, 6) is 2.17. The zero-order valence-corrected chi connectivity index (χ0v) is 11.7. The molecule has 7 nitrogen and oxygen atoms in total. The van der Waals surface area contributed by atoms with Crippen LogP contribution < -0.4 is 10.9 Å². The Kier molecular flexibility index (Phi) is 4.56. The third-order valence-electron chi connectivity index (χ3n) is 2.57. The van der Waals surface area contributed by atoms with Gasteiger partial charge in [0.2, 0.25) is 5.95 Å². The number of hydrogen-bond donors (Lipinski definition) is 3. The number of thioether (sulfide) groups is 1. The van der Waals surface area contributed by atoms with Crippen molar-refractivity contribution in [2.45, 2.75) is 19.6 Å². The zero-order chi connectivity index (χ0) is 13.7. The van der Waals surface area contributed by atoms with Crippen LogP contribution in [0.1, 0.15) is 17.1 Å². The summed E-state index contributed by atoms with van der Waals surface area (Å²) in [6, 6.07) is 0. The van der Waals surface area contributed by atoms with Crippen LogP contribution in [-0.4, -0.2) is 37.4 Å². The Hall–Kier alpha value is -1.83. The predicted octanol–water partition coefficient (Wildman–Crippen LogP) is 0.850. The molecule has 3 N–H and O–H groups in total. The molecule has 0 saturated carbocycles. The Morgan fingerprint density at radius 3 is 2.89 bits per heavy atom. The second-order valence-corrected chi connectivity index (χ2v) is 5.15. The van der Waals surface area contributed by atoms with Crippen molar-refractivity contribution in [3.63, 3.8) is 0 Å². The molecule has 2 aromatic heterocycles. The maximum atomic E-state index is 11.3. The van der Waals surface area contributed by atoms with E-state index in [1.54, 1.807) is 25.0 Å². The molecule has 0 fully saturated rings. The SMILES string of the molecule is Cc1[nH]cnc1CSCCNc1nnc(C)c(=O)[nH]1. The van der Waals surface area contributed by atoms with Gasteiger partial charge in [0.15, 0.2) is 0 Å². The lowest BCUT2D eigenvalue weighted by molar-refractivity contribution is 0.894. The van der Waals surface area contributed by atoms with Crippen molar-refractivity contribution in [3.8, 4) is 0 Å². The van der Waals surface area contributed by atoms with E-state index in [4.69, 9.17) is 0 Å². The van der Waals surface area contributed by atoms with Gasteiger partial charge in [0.25, 0.3) is 5.56 Å². The highest BCUT2D eigenvalue weighted by Gasteiger charge is 2.01. The summed E-state index contributed by atoms with van der Waals surface area (Å²) in [6.07, 6.45) is 1.70. The summed E-state index contributed by atoms with van der Waals surface area (Å²) in [5.41, 5.74) is 2.34. The minimum Gasteiger partial charge on any atom is -0.354 e. The van der Waals surface area contributed by atoms with Crippen molar-refractivity contribution in [3.05, 3.63) is 33.8 Å². The quantitative estimate of drug-likeness (QED) is 0.678. The highest BCUT2D eigenvalue weighted by atomic mass is 32.2. The Morgan fingerprint density at radius 1 is 1.37 bits per heavy atom. The van der Waals surface area contributed by atoms with Gasteiger partial charge in [-0.1, -0.05) is 0 Å². The van der Waals surface area contributed by atoms with Gasteiger partial charge in [-0.15, -0.1) is 10.2 Å². The molecular weight excluding hydrogens is 264 g/mol.